The minimum absolute atomic E-state index is 0.0528. The van der Waals surface area contributed by atoms with Crippen molar-refractivity contribution < 1.29 is 23.7 Å². The highest BCUT2D eigenvalue weighted by Crippen LogP contribution is 2.32. The minimum atomic E-state index is -0.0909. The first-order valence-electron chi connectivity index (χ1n) is 10.3. The van der Waals surface area contributed by atoms with Crippen molar-refractivity contribution in [2.24, 2.45) is 0 Å². The lowest BCUT2D eigenvalue weighted by atomic mass is 10.1. The molecule has 1 N–H and O–H groups in total. The number of nitrogens with one attached hydrogen (secondary N) is 1. The summed E-state index contributed by atoms with van der Waals surface area (Å²) in [6.45, 7) is 6.73. The summed E-state index contributed by atoms with van der Waals surface area (Å²) in [6, 6.07) is 11.4. The van der Waals surface area contributed by atoms with Gasteiger partial charge in [-0.2, -0.15) is 0 Å². The van der Waals surface area contributed by atoms with E-state index in [0.717, 1.165) is 34.9 Å². The number of fused-ring (bicyclic) bond motifs is 1. The van der Waals surface area contributed by atoms with Gasteiger partial charge in [0.15, 0.2) is 22.4 Å². The Labute approximate surface area is 187 Å². The molecular formula is C23H26N2O5S. The van der Waals surface area contributed by atoms with Crippen LogP contribution in [0.25, 0.3) is 0 Å². The maximum atomic E-state index is 11.6. The third-order valence-electron chi connectivity index (χ3n) is 5.32. The van der Waals surface area contributed by atoms with Crippen LogP contribution in [-0.2, 0) is 11.3 Å². The number of carbonyl (C=O) groups excluding carboxylic acids is 1. The van der Waals surface area contributed by atoms with Crippen molar-refractivity contribution in [2.75, 3.05) is 33.1 Å². The zero-order valence-electron chi connectivity index (χ0n) is 17.7. The highest BCUT2D eigenvalue weighted by atomic mass is 32.1. The highest BCUT2D eigenvalue weighted by Gasteiger charge is 2.23. The molecule has 1 unspecified atom stereocenters. The van der Waals surface area contributed by atoms with Crippen molar-refractivity contribution >= 4 is 23.1 Å². The molecule has 1 fully saturated rings. The summed E-state index contributed by atoms with van der Waals surface area (Å²) < 4.78 is 22.5. The molecule has 0 radical (unpaired) electrons. The van der Waals surface area contributed by atoms with Gasteiger partial charge in [-0.25, -0.2) is 0 Å². The normalized spacial score (nSPS) is 17.4. The lowest BCUT2D eigenvalue weighted by Crippen LogP contribution is -2.50. The summed E-state index contributed by atoms with van der Waals surface area (Å²) in [5, 5.41) is 4.00. The molecule has 0 bridgehead atoms. The van der Waals surface area contributed by atoms with E-state index in [2.05, 4.69) is 10.2 Å². The van der Waals surface area contributed by atoms with E-state index in [1.54, 1.807) is 13.0 Å². The first-order valence-corrected chi connectivity index (χ1v) is 10.7. The highest BCUT2D eigenvalue weighted by molar-refractivity contribution is 7.80. The molecule has 7 nitrogen and oxygen atoms in total. The Bertz CT molecular complexity index is 980. The molecule has 1 saturated heterocycles. The van der Waals surface area contributed by atoms with Gasteiger partial charge in [-0.1, -0.05) is 6.07 Å². The van der Waals surface area contributed by atoms with Crippen molar-refractivity contribution in [3.8, 4) is 17.2 Å². The molecule has 2 aromatic carbocycles. The number of ketones is 1. The van der Waals surface area contributed by atoms with E-state index in [1.165, 1.54) is 0 Å². The van der Waals surface area contributed by atoms with E-state index in [0.29, 0.717) is 37.0 Å². The van der Waals surface area contributed by atoms with Gasteiger partial charge >= 0.3 is 0 Å². The second-order valence-electron chi connectivity index (χ2n) is 7.63. The maximum Gasteiger partial charge on any atom is 0.231 e. The molecule has 0 saturated carbocycles. The molecule has 164 valence electrons. The van der Waals surface area contributed by atoms with Gasteiger partial charge in [0.1, 0.15) is 18.5 Å². The number of ether oxygens (including phenoxy) is 4. The van der Waals surface area contributed by atoms with E-state index in [-0.39, 0.29) is 18.7 Å². The number of thiocarbonyl (C=S) groups is 1. The molecule has 0 aliphatic carbocycles. The van der Waals surface area contributed by atoms with Gasteiger partial charge in [0.25, 0.3) is 0 Å². The van der Waals surface area contributed by atoms with E-state index >= 15 is 0 Å². The van der Waals surface area contributed by atoms with Gasteiger partial charge in [-0.3, -0.25) is 4.79 Å². The summed E-state index contributed by atoms with van der Waals surface area (Å²) in [4.78, 5) is 13.7. The molecule has 2 aliphatic rings. The molecule has 0 spiro atoms. The number of morpholine rings is 1. The Morgan fingerprint density at radius 2 is 2.06 bits per heavy atom. The summed E-state index contributed by atoms with van der Waals surface area (Å²) in [5.41, 5.74) is 2.69. The Morgan fingerprint density at radius 1 is 1.23 bits per heavy atom. The fraction of sp³-hybridized carbons (Fsp3) is 0.391. The van der Waals surface area contributed by atoms with Crippen LogP contribution in [0.15, 0.2) is 36.4 Å². The number of nitrogens with zero attached hydrogens (tertiary/aromatic N) is 1. The smallest absolute Gasteiger partial charge is 0.231 e. The predicted octanol–water partition coefficient (Wildman–Crippen LogP) is 3.08. The maximum absolute atomic E-state index is 11.6. The van der Waals surface area contributed by atoms with Crippen molar-refractivity contribution in [2.45, 2.75) is 26.5 Å². The van der Waals surface area contributed by atoms with Gasteiger partial charge in [0, 0.05) is 25.2 Å². The van der Waals surface area contributed by atoms with Crippen LogP contribution in [-0.4, -0.2) is 55.0 Å². The first-order chi connectivity index (χ1) is 15.0. The SMILES string of the molecule is CC(=O)c1ccc(OCC2CN(C(=S)NCc3ccc4c(c3)OCO4)CCO2)cc1C. The zero-order chi connectivity index (χ0) is 21.8. The Balaban J connectivity index is 1.26. The summed E-state index contributed by atoms with van der Waals surface area (Å²) >= 11 is 5.59. The van der Waals surface area contributed by atoms with Crippen molar-refractivity contribution in [1.82, 2.24) is 10.2 Å². The summed E-state index contributed by atoms with van der Waals surface area (Å²) in [6.07, 6.45) is -0.0909. The topological polar surface area (TPSA) is 69.3 Å². The minimum Gasteiger partial charge on any atom is -0.491 e. The van der Waals surface area contributed by atoms with Crippen molar-refractivity contribution in [1.29, 1.82) is 0 Å². The average molecular weight is 443 g/mol. The number of carbonyl (C=O) groups is 1. The Kier molecular flexibility index (Phi) is 6.58. The van der Waals surface area contributed by atoms with Crippen LogP contribution in [0, 0.1) is 6.92 Å². The number of Topliss-reactive ketones (excluding diaryl/α,β-unsaturated/α-hetero) is 1. The van der Waals surface area contributed by atoms with Gasteiger partial charge in [0.05, 0.1) is 6.61 Å². The molecule has 8 heteroatoms. The van der Waals surface area contributed by atoms with Gasteiger partial charge < -0.3 is 29.2 Å². The third-order valence-corrected chi connectivity index (χ3v) is 5.72. The van der Waals surface area contributed by atoms with Gasteiger partial charge in [-0.15, -0.1) is 0 Å². The predicted molar refractivity (Wildman–Crippen MR) is 120 cm³/mol. The van der Waals surface area contributed by atoms with Crippen molar-refractivity contribution in [3.63, 3.8) is 0 Å². The number of hydrogen-bond acceptors (Lipinski definition) is 6. The molecule has 1 atom stereocenters. The molecule has 2 heterocycles. The molecule has 0 amide bonds. The second kappa shape index (κ2) is 9.53. The standard InChI is InChI=1S/C23H26N2O5S/c1-15-9-18(4-5-20(15)16(2)26)28-13-19-12-25(7-8-27-19)23(31)24-11-17-3-6-21-22(10-17)30-14-29-21/h3-6,9-10,19H,7-8,11-14H2,1-2H3,(H,24,31). The zero-order valence-corrected chi connectivity index (χ0v) is 18.5. The van der Waals surface area contributed by atoms with E-state index in [9.17, 15) is 4.79 Å². The molecule has 0 aromatic heterocycles. The fourth-order valence-electron chi connectivity index (χ4n) is 3.66. The van der Waals surface area contributed by atoms with Crippen LogP contribution in [0.4, 0.5) is 0 Å². The van der Waals surface area contributed by atoms with E-state index < -0.39 is 0 Å². The largest absolute Gasteiger partial charge is 0.491 e. The van der Waals surface area contributed by atoms with Crippen LogP contribution >= 0.6 is 12.2 Å². The number of benzene rings is 2. The van der Waals surface area contributed by atoms with Crippen LogP contribution in [0.2, 0.25) is 0 Å². The van der Waals surface area contributed by atoms with Crippen LogP contribution < -0.4 is 19.5 Å². The summed E-state index contributed by atoms with van der Waals surface area (Å²) in [7, 11) is 0. The molecule has 31 heavy (non-hydrogen) atoms. The fourth-order valence-corrected chi connectivity index (χ4v) is 3.89. The second-order valence-corrected chi connectivity index (χ2v) is 8.02. The monoisotopic (exact) mass is 442 g/mol. The van der Waals surface area contributed by atoms with Crippen LogP contribution in [0.3, 0.4) is 0 Å². The van der Waals surface area contributed by atoms with Crippen LogP contribution in [0.1, 0.15) is 28.4 Å². The van der Waals surface area contributed by atoms with Gasteiger partial charge in [-0.05, 0) is 67.5 Å². The number of aryl methyl sites for hydroxylation is 1. The molecule has 4 rings (SSSR count). The molecule has 2 aromatic rings. The van der Waals surface area contributed by atoms with Gasteiger partial charge in [0.2, 0.25) is 6.79 Å². The molecular weight excluding hydrogens is 416 g/mol. The Hall–Kier alpha value is -2.84. The van der Waals surface area contributed by atoms with E-state index in [1.807, 2.05) is 37.3 Å². The van der Waals surface area contributed by atoms with Crippen molar-refractivity contribution in [3.05, 3.63) is 53.1 Å². The Morgan fingerprint density at radius 3 is 2.87 bits per heavy atom. The third kappa shape index (κ3) is 5.26. The summed E-state index contributed by atoms with van der Waals surface area (Å²) in [5.74, 6) is 2.32. The molecule has 2 aliphatic heterocycles. The van der Waals surface area contributed by atoms with Crippen LogP contribution in [0.5, 0.6) is 17.2 Å². The lowest BCUT2D eigenvalue weighted by molar-refractivity contribution is -0.0288. The van der Waals surface area contributed by atoms with E-state index in [4.69, 9.17) is 31.2 Å². The number of hydrogen-bond donors (Lipinski definition) is 1. The first kappa shape index (κ1) is 21.4. The lowest BCUT2D eigenvalue weighted by Gasteiger charge is -2.34. The average Bonchev–Trinajstić information content (AvgIpc) is 3.24. The quantitative estimate of drug-likeness (QED) is 0.541. The number of rotatable bonds is 6.